The zero-order valence-corrected chi connectivity index (χ0v) is 35.9. The van der Waals surface area contributed by atoms with E-state index in [0.29, 0.717) is 19.3 Å². The highest BCUT2D eigenvalue weighted by atomic mass is 16.6. The first-order valence-electron chi connectivity index (χ1n) is 22.4. The second kappa shape index (κ2) is 37.7. The molecule has 0 spiro atoms. The van der Waals surface area contributed by atoms with Gasteiger partial charge in [-0.2, -0.15) is 0 Å². The number of aliphatic carboxylic acids is 1. The summed E-state index contributed by atoms with van der Waals surface area (Å²) >= 11 is 0. The predicted molar refractivity (Wildman–Crippen MR) is 225 cm³/mol. The lowest BCUT2D eigenvalue weighted by Crippen LogP contribution is -2.50. The van der Waals surface area contributed by atoms with Crippen LogP contribution in [0.3, 0.4) is 0 Å². The molecule has 1 N–H and O–H groups in total. The van der Waals surface area contributed by atoms with Crippen LogP contribution in [0.2, 0.25) is 0 Å². The van der Waals surface area contributed by atoms with E-state index in [-0.39, 0.29) is 36.2 Å². The summed E-state index contributed by atoms with van der Waals surface area (Å²) in [6.45, 7) is 4.70. The monoisotopic (exact) mass is 765 g/mol. The van der Waals surface area contributed by atoms with Crippen molar-refractivity contribution in [1.82, 2.24) is 0 Å². The van der Waals surface area contributed by atoms with Crippen molar-refractivity contribution < 1.29 is 38.2 Å². The molecule has 2 atom stereocenters. The van der Waals surface area contributed by atoms with Crippen molar-refractivity contribution in [2.24, 2.45) is 0 Å². The Morgan fingerprint density at radius 3 is 1.48 bits per heavy atom. The van der Waals surface area contributed by atoms with E-state index in [2.05, 4.69) is 38.2 Å². The number of carbonyl (C=O) groups is 3. The fourth-order valence-electron chi connectivity index (χ4n) is 6.58. The summed E-state index contributed by atoms with van der Waals surface area (Å²) in [6, 6.07) is -0.614. The summed E-state index contributed by atoms with van der Waals surface area (Å²) in [6.07, 6.45) is 40.7. The number of nitrogens with zero attached hydrogens (tertiary/aromatic N) is 1. The van der Waals surface area contributed by atoms with Gasteiger partial charge in [-0.3, -0.25) is 9.59 Å². The van der Waals surface area contributed by atoms with Gasteiger partial charge < -0.3 is 23.8 Å². The maximum atomic E-state index is 12.7. The van der Waals surface area contributed by atoms with Crippen LogP contribution in [0.1, 0.15) is 200 Å². The topological polar surface area (TPSA) is 99.1 Å². The van der Waals surface area contributed by atoms with Crippen LogP contribution in [0.4, 0.5) is 0 Å². The van der Waals surface area contributed by atoms with Gasteiger partial charge >= 0.3 is 17.9 Å². The first-order chi connectivity index (χ1) is 26.1. The quantitative estimate of drug-likeness (QED) is 0.0287. The van der Waals surface area contributed by atoms with E-state index in [9.17, 15) is 19.5 Å². The van der Waals surface area contributed by atoms with Crippen LogP contribution in [0.15, 0.2) is 24.3 Å². The minimum absolute atomic E-state index is 0.0524. The first kappa shape index (κ1) is 51.8. The van der Waals surface area contributed by atoms with E-state index in [1.54, 1.807) is 0 Å². The van der Waals surface area contributed by atoms with Gasteiger partial charge in [0, 0.05) is 19.3 Å². The Morgan fingerprint density at radius 1 is 0.556 bits per heavy atom. The van der Waals surface area contributed by atoms with Gasteiger partial charge in [-0.05, 0) is 38.5 Å². The number of hydrogen-bond acceptors (Lipinski definition) is 6. The van der Waals surface area contributed by atoms with Gasteiger partial charge in [0.2, 0.25) is 0 Å². The largest absolute Gasteiger partial charge is 0.477 e. The lowest BCUT2D eigenvalue weighted by molar-refractivity contribution is -0.887. The summed E-state index contributed by atoms with van der Waals surface area (Å²) in [4.78, 5) is 37.0. The maximum Gasteiger partial charge on any atom is 0.362 e. The predicted octanol–water partition coefficient (Wildman–Crippen LogP) is 12.1. The number of carboxylic acids is 1. The second-order valence-electron chi connectivity index (χ2n) is 16.3. The minimum atomic E-state index is -0.876. The third-order valence-corrected chi connectivity index (χ3v) is 10.1. The van der Waals surface area contributed by atoms with Crippen molar-refractivity contribution in [3.8, 4) is 0 Å². The lowest BCUT2D eigenvalue weighted by atomic mass is 10.0. The molecule has 8 heteroatoms. The van der Waals surface area contributed by atoms with E-state index in [0.717, 1.165) is 64.2 Å². The Labute approximate surface area is 332 Å². The number of quaternary nitrogens is 1. The zero-order valence-electron chi connectivity index (χ0n) is 35.9. The molecule has 0 fully saturated rings. The summed E-state index contributed by atoms with van der Waals surface area (Å²) in [5.74, 6) is -1.48. The van der Waals surface area contributed by atoms with E-state index in [1.807, 2.05) is 21.1 Å². The normalized spacial score (nSPS) is 13.1. The average molecular weight is 765 g/mol. The first-order valence-corrected chi connectivity index (χ1v) is 22.4. The number of rotatable bonds is 40. The molecule has 0 saturated carbocycles. The number of hydrogen-bond donors (Lipinski definition) is 1. The molecule has 8 nitrogen and oxygen atoms in total. The van der Waals surface area contributed by atoms with E-state index in [4.69, 9.17) is 14.2 Å². The van der Waals surface area contributed by atoms with Gasteiger partial charge in [0.15, 0.2) is 12.1 Å². The number of allylic oxidation sites excluding steroid dienone is 4. The molecule has 0 aromatic carbocycles. The molecule has 0 saturated heterocycles. The Morgan fingerprint density at radius 2 is 1.00 bits per heavy atom. The summed E-state index contributed by atoms with van der Waals surface area (Å²) < 4.78 is 17.3. The molecule has 0 aromatic rings. The van der Waals surface area contributed by atoms with Gasteiger partial charge in [-0.1, -0.05) is 167 Å². The summed E-state index contributed by atoms with van der Waals surface area (Å²) in [5.41, 5.74) is 0. The van der Waals surface area contributed by atoms with Gasteiger partial charge in [0.1, 0.15) is 6.61 Å². The SMILES string of the molecule is CCCC/C=C\C/C=C\CCCCCCCC(=O)OC(COCCC(C(=O)O)[N+](C)(C)C)COC(=O)CCCCCCCCCCCCCCCCCC. The smallest absolute Gasteiger partial charge is 0.362 e. The van der Waals surface area contributed by atoms with E-state index < -0.39 is 18.1 Å². The van der Waals surface area contributed by atoms with Crippen molar-refractivity contribution >= 4 is 17.9 Å². The van der Waals surface area contributed by atoms with E-state index in [1.165, 1.54) is 103 Å². The third-order valence-electron chi connectivity index (χ3n) is 10.1. The highest BCUT2D eigenvalue weighted by Crippen LogP contribution is 2.15. The number of unbranched alkanes of at least 4 members (excludes halogenated alkanes) is 22. The maximum absolute atomic E-state index is 12.7. The Balaban J connectivity index is 4.33. The molecule has 0 rings (SSSR count). The Bertz CT molecular complexity index is 942. The Hall–Kier alpha value is -2.19. The average Bonchev–Trinajstić information content (AvgIpc) is 3.12. The second-order valence-corrected chi connectivity index (χ2v) is 16.3. The van der Waals surface area contributed by atoms with Gasteiger partial charge in [0.05, 0.1) is 34.4 Å². The van der Waals surface area contributed by atoms with Crippen LogP contribution in [0.5, 0.6) is 0 Å². The number of likely N-dealkylation sites (N-methyl/N-ethyl adjacent to an activating group) is 1. The number of carboxylic acid groups (broad SMARTS) is 1. The number of esters is 2. The van der Waals surface area contributed by atoms with Crippen LogP contribution in [-0.2, 0) is 28.6 Å². The van der Waals surface area contributed by atoms with Gasteiger partial charge in [-0.25, -0.2) is 4.79 Å². The van der Waals surface area contributed by atoms with Crippen molar-refractivity contribution in [2.75, 3.05) is 41.0 Å². The molecule has 0 aliphatic rings. The fourth-order valence-corrected chi connectivity index (χ4v) is 6.58. The van der Waals surface area contributed by atoms with Crippen LogP contribution >= 0.6 is 0 Å². The van der Waals surface area contributed by atoms with Crippen LogP contribution < -0.4 is 0 Å². The molecular formula is C46H86NO7+. The zero-order chi connectivity index (χ0) is 40.0. The molecule has 316 valence electrons. The minimum Gasteiger partial charge on any atom is -0.477 e. The highest BCUT2D eigenvalue weighted by molar-refractivity contribution is 5.72. The van der Waals surface area contributed by atoms with Crippen molar-refractivity contribution in [1.29, 1.82) is 0 Å². The van der Waals surface area contributed by atoms with Gasteiger partial charge in [0.25, 0.3) is 0 Å². The summed E-state index contributed by atoms with van der Waals surface area (Å²) in [7, 11) is 5.52. The molecule has 2 unspecified atom stereocenters. The van der Waals surface area contributed by atoms with E-state index >= 15 is 0 Å². The molecular weight excluding hydrogens is 679 g/mol. The standard InChI is InChI=1S/C46H85NO7/c1-6-8-10-12-14-16-18-20-22-23-25-26-28-30-32-34-36-44(48)53-41-42(40-52-39-38-43(46(50)51)47(3,4)5)54-45(49)37-35-33-31-29-27-24-21-19-17-15-13-11-9-7-2/h13,15,19,21,42-43H,6-12,14,16-18,20,22-41H2,1-5H3/p+1/b15-13-,21-19-. The van der Waals surface area contributed by atoms with Gasteiger partial charge in [-0.15, -0.1) is 0 Å². The van der Waals surface area contributed by atoms with Crippen molar-refractivity contribution in [3.05, 3.63) is 24.3 Å². The molecule has 0 radical (unpaired) electrons. The molecule has 0 heterocycles. The van der Waals surface area contributed by atoms with Crippen molar-refractivity contribution in [3.63, 3.8) is 0 Å². The number of ether oxygens (including phenoxy) is 3. The van der Waals surface area contributed by atoms with Crippen LogP contribution in [-0.4, -0.2) is 80.6 Å². The Kier molecular flexibility index (Phi) is 36.2. The summed E-state index contributed by atoms with van der Waals surface area (Å²) in [5, 5.41) is 9.61. The molecule has 0 aliphatic carbocycles. The lowest BCUT2D eigenvalue weighted by Gasteiger charge is -2.31. The van der Waals surface area contributed by atoms with Crippen molar-refractivity contribution in [2.45, 2.75) is 212 Å². The highest BCUT2D eigenvalue weighted by Gasteiger charge is 2.31. The molecule has 0 bridgehead atoms. The third kappa shape index (κ3) is 35.5. The number of carbonyl (C=O) groups excluding carboxylic acids is 2. The molecule has 0 aliphatic heterocycles. The van der Waals surface area contributed by atoms with Crippen LogP contribution in [0, 0.1) is 0 Å². The molecule has 54 heavy (non-hydrogen) atoms. The molecule has 0 amide bonds. The molecule has 0 aromatic heterocycles. The fraction of sp³-hybridized carbons (Fsp3) is 0.848. The van der Waals surface area contributed by atoms with Crippen LogP contribution in [0.25, 0.3) is 0 Å².